The van der Waals surface area contributed by atoms with Crippen molar-refractivity contribution in [3.05, 3.63) is 0 Å². The fourth-order valence-corrected chi connectivity index (χ4v) is 0. The Bertz CT molecular complexity index is 8.00. The zero-order valence-electron chi connectivity index (χ0n) is 1.56. The molecular formula is H3InOTaZn. The van der Waals surface area contributed by atoms with Crippen LogP contribution in [0.25, 0.3) is 0 Å². The molecule has 0 atom stereocenters. The van der Waals surface area contributed by atoms with Crippen molar-refractivity contribution in [3.63, 3.8) is 0 Å². The second-order valence-electron chi connectivity index (χ2n) is 0. The van der Waals surface area contributed by atoms with Crippen molar-refractivity contribution in [1.82, 2.24) is 0 Å². The molecule has 4 heavy (non-hydrogen) atoms. The average Bonchev–Trinajstić information content (AvgIpc) is 1.00. The van der Waals surface area contributed by atoms with E-state index in [9.17, 15) is 0 Å². The molecule has 0 saturated carbocycles. The number of hydrogen-bond donors (Lipinski definition) is 0. The first-order valence-corrected chi connectivity index (χ1v) is 1.49. The smallest absolute Gasteiger partial charge is 0 e. The molecule has 0 heterocycles. The van der Waals surface area contributed by atoms with Gasteiger partial charge < -0.3 is 0 Å². The van der Waals surface area contributed by atoms with Crippen LogP contribution in [-0.2, 0) is 43.8 Å². The van der Waals surface area contributed by atoms with Gasteiger partial charge in [-0.3, -0.25) is 0 Å². The SMILES string of the molecule is [InH3].[O]=[Ta].[Zn]. The molecule has 0 amide bonds. The maximum atomic E-state index is 8.36. The van der Waals surface area contributed by atoms with Gasteiger partial charge in [0.25, 0.3) is 0 Å². The van der Waals surface area contributed by atoms with Crippen molar-refractivity contribution in [2.75, 3.05) is 0 Å². The summed E-state index contributed by atoms with van der Waals surface area (Å²) in [4.78, 5) is 0. The van der Waals surface area contributed by atoms with Gasteiger partial charge in [0.2, 0.25) is 0 Å². The van der Waals surface area contributed by atoms with Crippen molar-refractivity contribution < 1.29 is 43.8 Å². The molecule has 0 rings (SSSR count). The Morgan fingerprint density at radius 3 is 1.25 bits per heavy atom. The van der Waals surface area contributed by atoms with Crippen LogP contribution in [-0.4, -0.2) is 25.8 Å². The number of rotatable bonds is 0. The second-order valence-corrected chi connectivity index (χ2v) is 0. The van der Waals surface area contributed by atoms with Gasteiger partial charge in [-0.2, -0.15) is 0 Å². The van der Waals surface area contributed by atoms with Crippen molar-refractivity contribution in [2.24, 2.45) is 0 Å². The molecule has 0 aromatic carbocycles. The first kappa shape index (κ1) is 16.6. The summed E-state index contributed by atoms with van der Waals surface area (Å²) in [5.74, 6) is 0. The maximum Gasteiger partial charge on any atom is 0 e. The third-order valence-corrected chi connectivity index (χ3v) is 0. The summed E-state index contributed by atoms with van der Waals surface area (Å²) in [7, 11) is 0. The van der Waals surface area contributed by atoms with Gasteiger partial charge in [0.1, 0.15) is 0 Å². The van der Waals surface area contributed by atoms with Crippen molar-refractivity contribution in [2.45, 2.75) is 0 Å². The molecule has 0 unspecified atom stereocenters. The standard InChI is InChI=1S/In.O.Ta.Zn.3H. The zero-order chi connectivity index (χ0) is 2.00. The predicted octanol–water partition coefficient (Wildman–Crippen LogP) is -1.31. The third-order valence-electron chi connectivity index (χ3n) is 0. The van der Waals surface area contributed by atoms with Crippen LogP contribution in [0.2, 0.25) is 0 Å². The van der Waals surface area contributed by atoms with Crippen molar-refractivity contribution in [1.29, 1.82) is 0 Å². The van der Waals surface area contributed by atoms with E-state index in [1.165, 1.54) is 0 Å². The van der Waals surface area contributed by atoms with E-state index in [1.54, 1.807) is 0 Å². The van der Waals surface area contributed by atoms with E-state index < -0.39 is 0 Å². The van der Waals surface area contributed by atoms with E-state index in [0.717, 1.165) is 0 Å². The summed E-state index contributed by atoms with van der Waals surface area (Å²) >= 11 is 0.194. The van der Waals surface area contributed by atoms with Gasteiger partial charge in [-0.1, -0.05) is 0 Å². The first-order chi connectivity index (χ1) is 1.00. The van der Waals surface area contributed by atoms with E-state index in [-0.39, 0.29) is 66.4 Å². The van der Waals surface area contributed by atoms with Gasteiger partial charge in [-0.15, -0.1) is 0 Å². The topological polar surface area (TPSA) is 17.1 Å². The largest absolute Gasteiger partial charge is 0 e. The quantitative estimate of drug-likeness (QED) is 0.478. The Hall–Kier alpha value is 2.03. The van der Waals surface area contributed by atoms with Gasteiger partial charge in [-0.05, 0) is 0 Å². The van der Waals surface area contributed by atoms with Crippen LogP contribution < -0.4 is 0 Å². The van der Waals surface area contributed by atoms with Gasteiger partial charge in [0, 0.05) is 19.5 Å². The Morgan fingerprint density at radius 2 is 1.25 bits per heavy atom. The van der Waals surface area contributed by atoms with Gasteiger partial charge in [0.15, 0.2) is 0 Å². The minimum Gasteiger partial charge on any atom is 0 e. The minimum atomic E-state index is 0. The van der Waals surface area contributed by atoms with Crippen LogP contribution >= 0.6 is 0 Å². The molecule has 0 aliphatic heterocycles. The Labute approximate surface area is 68.7 Å². The normalized spacial score (nSPS) is 0.750. The summed E-state index contributed by atoms with van der Waals surface area (Å²) in [6.07, 6.45) is 0. The molecule has 0 aromatic rings. The molecule has 0 N–H and O–H groups in total. The van der Waals surface area contributed by atoms with Gasteiger partial charge in [-0.25, -0.2) is 0 Å². The van der Waals surface area contributed by atoms with Crippen molar-refractivity contribution in [3.8, 4) is 0 Å². The van der Waals surface area contributed by atoms with Crippen LogP contribution in [0, 0.1) is 0 Å². The van der Waals surface area contributed by atoms with E-state index in [4.69, 9.17) is 3.25 Å². The van der Waals surface area contributed by atoms with Gasteiger partial charge in [0.05, 0.1) is 0 Å². The van der Waals surface area contributed by atoms with E-state index in [2.05, 4.69) is 0 Å². The molecule has 0 radical (unpaired) electrons. The third kappa shape index (κ3) is 8.98. The van der Waals surface area contributed by atoms with Crippen molar-refractivity contribution >= 4 is 25.8 Å². The molecule has 0 spiro atoms. The Kier molecular flexibility index (Phi) is 82.2. The summed E-state index contributed by atoms with van der Waals surface area (Å²) in [5, 5.41) is 0. The zero-order valence-corrected chi connectivity index (χ0v) is 7.74. The molecule has 0 fully saturated rings. The molecule has 0 bridgehead atoms. The molecule has 1 nitrogen and oxygen atoms in total. The summed E-state index contributed by atoms with van der Waals surface area (Å²) in [6.45, 7) is 0. The van der Waals surface area contributed by atoms with E-state index >= 15 is 0 Å². The molecular weight excluding hydrogens is 377 g/mol. The van der Waals surface area contributed by atoms with Crippen LogP contribution in [0.3, 0.4) is 0 Å². The molecule has 0 aliphatic carbocycles. The van der Waals surface area contributed by atoms with Gasteiger partial charge >= 0.3 is 50.1 Å². The Morgan fingerprint density at radius 1 is 1.25 bits per heavy atom. The van der Waals surface area contributed by atoms with Crippen LogP contribution in [0.5, 0.6) is 0 Å². The molecule has 4 heteroatoms. The summed E-state index contributed by atoms with van der Waals surface area (Å²) in [6, 6.07) is 0. The summed E-state index contributed by atoms with van der Waals surface area (Å²) < 4.78 is 8.36. The molecule has 19 valence electrons. The Balaban J connectivity index is -0.00000000500. The fraction of sp³-hybridized carbons (Fsp3) is 0. The van der Waals surface area contributed by atoms with Crippen LogP contribution in [0.15, 0.2) is 0 Å². The number of hydrogen-bond acceptors (Lipinski definition) is 1. The monoisotopic (exact) mass is 379 g/mol. The van der Waals surface area contributed by atoms with E-state index in [1.807, 2.05) is 0 Å². The summed E-state index contributed by atoms with van der Waals surface area (Å²) in [5.41, 5.74) is 0. The molecule has 0 saturated heterocycles. The van der Waals surface area contributed by atoms with Crippen LogP contribution in [0.4, 0.5) is 0 Å². The fourth-order valence-electron chi connectivity index (χ4n) is 0. The van der Waals surface area contributed by atoms with E-state index in [0.29, 0.717) is 0 Å². The predicted molar refractivity (Wildman–Crippen MR) is 10.6 cm³/mol. The maximum absolute atomic E-state index is 8.36. The minimum absolute atomic E-state index is 0. The molecule has 0 aliphatic rings. The first-order valence-electron chi connectivity index (χ1n) is 0.183. The molecule has 0 aromatic heterocycles. The van der Waals surface area contributed by atoms with Crippen LogP contribution in [0.1, 0.15) is 0 Å². The average molecular weight is 380 g/mol. The second kappa shape index (κ2) is 19.8.